The first kappa shape index (κ1) is 32.0. The molecule has 10 rings (SSSR count). The zero-order valence-electron chi connectivity index (χ0n) is 30.0. The highest BCUT2D eigenvalue weighted by Gasteiger charge is 2.44. The summed E-state index contributed by atoms with van der Waals surface area (Å²) in [5, 5.41) is 3.93. The number of nitrogens with one attached hydrogen (secondary N) is 1. The molecule has 0 amide bonds. The van der Waals surface area contributed by atoms with Gasteiger partial charge in [0.05, 0.1) is 23.1 Å². The average molecular weight is 697 g/mol. The van der Waals surface area contributed by atoms with Gasteiger partial charge < -0.3 is 14.8 Å². The highest BCUT2D eigenvalue weighted by molar-refractivity contribution is 5.84. The van der Waals surface area contributed by atoms with Crippen molar-refractivity contribution in [2.24, 2.45) is 0 Å². The van der Waals surface area contributed by atoms with Gasteiger partial charge in [0.15, 0.2) is 0 Å². The van der Waals surface area contributed by atoms with Crippen molar-refractivity contribution < 1.29 is 0 Å². The molecule has 0 saturated carbocycles. The first-order chi connectivity index (χ1) is 26.8. The minimum absolute atomic E-state index is 0.0326. The Labute approximate surface area is 317 Å². The second-order valence-corrected chi connectivity index (χ2v) is 14.3. The molecule has 2 unspecified atom stereocenters. The molecule has 2 aromatic heterocycles. The van der Waals surface area contributed by atoms with E-state index in [2.05, 4.69) is 209 Å². The summed E-state index contributed by atoms with van der Waals surface area (Å²) in [6.07, 6.45) is 24.3. The van der Waals surface area contributed by atoms with Crippen LogP contribution in [-0.2, 0) is 0 Å². The van der Waals surface area contributed by atoms with Crippen LogP contribution >= 0.6 is 0 Å². The van der Waals surface area contributed by atoms with E-state index in [1.54, 1.807) is 0 Å². The third kappa shape index (κ3) is 5.68. The van der Waals surface area contributed by atoms with Crippen molar-refractivity contribution >= 4 is 23.2 Å². The van der Waals surface area contributed by atoms with Gasteiger partial charge in [0.1, 0.15) is 5.82 Å². The fourth-order valence-electron chi connectivity index (χ4n) is 8.59. The summed E-state index contributed by atoms with van der Waals surface area (Å²) in [4.78, 5) is 8.02. The van der Waals surface area contributed by atoms with Gasteiger partial charge >= 0.3 is 0 Å². The molecular weight excluding hydrogens is 657 g/mol. The van der Waals surface area contributed by atoms with Crippen molar-refractivity contribution in [2.45, 2.75) is 30.8 Å². The van der Waals surface area contributed by atoms with Gasteiger partial charge in [-0.15, -0.1) is 0 Å². The minimum Gasteiger partial charge on any atom is -0.381 e. The van der Waals surface area contributed by atoms with Gasteiger partial charge in [0.25, 0.3) is 0 Å². The fraction of sp³-hybridized carbons (Fsp3) is 0.100. The van der Waals surface area contributed by atoms with Gasteiger partial charge in [-0.05, 0) is 65.1 Å². The molecule has 0 saturated heterocycles. The quantitative estimate of drug-likeness (QED) is 0.180. The summed E-state index contributed by atoms with van der Waals surface area (Å²) in [6.45, 7) is 0. The van der Waals surface area contributed by atoms with E-state index in [-0.39, 0.29) is 18.0 Å². The van der Waals surface area contributed by atoms with Crippen LogP contribution in [-0.4, -0.2) is 15.6 Å². The number of fused-ring (bicyclic) bond motifs is 5. The number of hydrogen-bond donors (Lipinski definition) is 1. The van der Waals surface area contributed by atoms with Crippen LogP contribution in [0.3, 0.4) is 0 Å². The first-order valence-corrected chi connectivity index (χ1v) is 19.0. The second-order valence-electron chi connectivity index (χ2n) is 14.3. The predicted molar refractivity (Wildman–Crippen MR) is 224 cm³/mol. The fourth-order valence-corrected chi connectivity index (χ4v) is 8.59. The standard InChI is InChI=1S/C50H40N4/c1-6-18-35(19-7-1)38-32-45(36-20-8-2-9-21-36)52-48(34-38)54-46-29-17-16-26-41(46)42-31-30-37-33-47(53(49(37)50(42)54)40-24-12-4-13-25-40)43-27-14-5-15-28-44(43)51-39-22-10-3-11-23-39/h1-22,24-27,29-34,39,42,50-51H,23,28H2/t39-,42?,50?/m0/s1. The highest BCUT2D eigenvalue weighted by atomic mass is 15.3. The van der Waals surface area contributed by atoms with Crippen molar-refractivity contribution in [1.29, 1.82) is 0 Å². The molecule has 3 aliphatic carbocycles. The molecule has 4 heteroatoms. The van der Waals surface area contributed by atoms with Crippen LogP contribution in [0.5, 0.6) is 0 Å². The zero-order valence-corrected chi connectivity index (χ0v) is 30.0. The lowest BCUT2D eigenvalue weighted by molar-refractivity contribution is 0.627. The number of hydrogen-bond acceptors (Lipinski definition) is 3. The number of aromatic nitrogens is 2. The minimum atomic E-state index is -0.0326. The molecule has 0 bridgehead atoms. The number of nitrogens with zero attached hydrogens (tertiary/aromatic N) is 3. The van der Waals surface area contributed by atoms with E-state index in [4.69, 9.17) is 4.98 Å². The predicted octanol–water partition coefficient (Wildman–Crippen LogP) is 11.9. The van der Waals surface area contributed by atoms with Gasteiger partial charge in [-0.2, -0.15) is 0 Å². The molecule has 3 heterocycles. The lowest BCUT2D eigenvalue weighted by atomic mass is 9.86. The van der Waals surface area contributed by atoms with Crippen LogP contribution in [0.25, 0.3) is 39.7 Å². The van der Waals surface area contributed by atoms with Crippen molar-refractivity contribution in [3.05, 3.63) is 216 Å². The molecule has 0 spiro atoms. The smallest absolute Gasteiger partial charge is 0.134 e. The molecule has 0 radical (unpaired) electrons. The van der Waals surface area contributed by atoms with Crippen LogP contribution in [0.1, 0.15) is 47.3 Å². The first-order valence-electron chi connectivity index (χ1n) is 19.0. The van der Waals surface area contributed by atoms with E-state index in [1.807, 2.05) is 0 Å². The van der Waals surface area contributed by atoms with E-state index >= 15 is 0 Å². The van der Waals surface area contributed by atoms with Crippen LogP contribution in [0.4, 0.5) is 11.5 Å². The monoisotopic (exact) mass is 696 g/mol. The lowest BCUT2D eigenvalue weighted by Crippen LogP contribution is -2.28. The van der Waals surface area contributed by atoms with Gasteiger partial charge in [-0.25, -0.2) is 4.98 Å². The van der Waals surface area contributed by atoms with E-state index in [0.29, 0.717) is 0 Å². The molecule has 260 valence electrons. The van der Waals surface area contributed by atoms with Crippen LogP contribution in [0, 0.1) is 0 Å². The van der Waals surface area contributed by atoms with Crippen molar-refractivity contribution in [1.82, 2.24) is 14.9 Å². The molecule has 6 aromatic rings. The number of rotatable bonds is 7. The highest BCUT2D eigenvalue weighted by Crippen LogP contribution is 2.57. The molecule has 4 aromatic carbocycles. The molecule has 0 fully saturated rings. The summed E-state index contributed by atoms with van der Waals surface area (Å²) in [5.74, 6) is 1.08. The van der Waals surface area contributed by atoms with Crippen molar-refractivity contribution in [3.63, 3.8) is 0 Å². The number of anilines is 2. The summed E-state index contributed by atoms with van der Waals surface area (Å²) in [5.41, 5.74) is 14.2. The Bertz CT molecular complexity index is 2470. The molecule has 1 aliphatic heterocycles. The van der Waals surface area contributed by atoms with Crippen molar-refractivity contribution in [3.8, 4) is 28.1 Å². The number of para-hydroxylation sites is 2. The molecule has 4 aliphatic rings. The molecule has 1 N–H and O–H groups in total. The Morgan fingerprint density at radius 2 is 1.37 bits per heavy atom. The van der Waals surface area contributed by atoms with Crippen LogP contribution < -0.4 is 10.2 Å². The van der Waals surface area contributed by atoms with Crippen LogP contribution in [0.2, 0.25) is 0 Å². The number of allylic oxidation sites excluding steroid dienone is 7. The average Bonchev–Trinajstić information content (AvgIpc) is 3.70. The van der Waals surface area contributed by atoms with Gasteiger partial charge in [0, 0.05) is 46.6 Å². The summed E-state index contributed by atoms with van der Waals surface area (Å²) < 4.78 is 2.53. The second kappa shape index (κ2) is 13.7. The topological polar surface area (TPSA) is 33.1 Å². The Kier molecular flexibility index (Phi) is 8.14. The Morgan fingerprint density at radius 3 is 2.17 bits per heavy atom. The maximum Gasteiger partial charge on any atom is 0.134 e. The summed E-state index contributed by atoms with van der Waals surface area (Å²) >= 11 is 0. The lowest BCUT2D eigenvalue weighted by Gasteiger charge is -2.33. The zero-order chi connectivity index (χ0) is 35.8. The van der Waals surface area contributed by atoms with E-state index in [0.717, 1.165) is 41.2 Å². The maximum atomic E-state index is 5.50. The van der Waals surface area contributed by atoms with E-state index in [1.165, 1.54) is 45.0 Å². The van der Waals surface area contributed by atoms with Gasteiger partial charge in [-0.3, -0.25) is 0 Å². The van der Waals surface area contributed by atoms with Gasteiger partial charge in [-0.1, -0.05) is 158 Å². The van der Waals surface area contributed by atoms with E-state index in [9.17, 15) is 0 Å². The Balaban J connectivity index is 1.21. The van der Waals surface area contributed by atoms with Crippen LogP contribution in [0.15, 0.2) is 194 Å². The number of pyridine rings is 1. The SMILES string of the molecule is C1=CCC(N[C@H]2C=CC=CC2)=C(c2cc3c(n2-c2ccccc2)C2C(C=C3)c3ccccc3N2c2cc(-c3ccccc3)cc(-c3ccccc3)n2)C=C1. The third-order valence-corrected chi connectivity index (χ3v) is 11.0. The normalized spacial score (nSPS) is 19.4. The molecule has 3 atom stereocenters. The van der Waals surface area contributed by atoms with Gasteiger partial charge in [0.2, 0.25) is 0 Å². The van der Waals surface area contributed by atoms with E-state index < -0.39 is 0 Å². The molecule has 4 nitrogen and oxygen atoms in total. The molecule has 54 heavy (non-hydrogen) atoms. The Hall–Kier alpha value is -6.65. The summed E-state index contributed by atoms with van der Waals surface area (Å²) in [6, 6.07) is 48.2. The van der Waals surface area contributed by atoms with Crippen molar-refractivity contribution in [2.75, 3.05) is 4.90 Å². The maximum absolute atomic E-state index is 5.50. The summed E-state index contributed by atoms with van der Waals surface area (Å²) in [7, 11) is 0. The Morgan fingerprint density at radius 1 is 0.630 bits per heavy atom. The largest absolute Gasteiger partial charge is 0.381 e. The number of benzene rings is 4. The third-order valence-electron chi connectivity index (χ3n) is 11.0. The molecular formula is C50H40N4.